The predicted molar refractivity (Wildman–Crippen MR) is 71.1 cm³/mol. The summed E-state index contributed by atoms with van der Waals surface area (Å²) in [6.07, 6.45) is 0. The molecule has 3 rings (SSSR count). The van der Waals surface area contributed by atoms with Crippen molar-refractivity contribution in [3.05, 3.63) is 28.4 Å². The maximum atomic E-state index is 5.29. The van der Waals surface area contributed by atoms with Crippen molar-refractivity contribution in [2.45, 2.75) is 20.4 Å². The Hall–Kier alpha value is -0.870. The van der Waals surface area contributed by atoms with Gasteiger partial charge in [-0.15, -0.1) is 0 Å². The Labute approximate surface area is 109 Å². The van der Waals surface area contributed by atoms with Gasteiger partial charge < -0.3 is 4.74 Å². The minimum Gasteiger partial charge on any atom is -0.380 e. The minimum absolute atomic E-state index is 0.254. The topological polar surface area (TPSA) is 27.1 Å². The van der Waals surface area contributed by atoms with Gasteiger partial charge in [-0.3, -0.25) is 4.68 Å². The molecule has 1 aromatic carbocycles. The third-order valence-corrected chi connectivity index (χ3v) is 3.89. The standard InChI is InChI=1S/C13H15BrN2O/c1-9-11-5-10(14)3-4-12(11)15-16(9)6-13(2)7-17-8-13/h3-5H,6-8H2,1-2H3. The zero-order chi connectivity index (χ0) is 12.0. The molecule has 1 aliphatic rings. The van der Waals surface area contributed by atoms with E-state index in [0.717, 1.165) is 29.7 Å². The molecule has 1 aromatic heterocycles. The first-order chi connectivity index (χ1) is 8.07. The lowest BCUT2D eigenvalue weighted by Gasteiger charge is -2.38. The van der Waals surface area contributed by atoms with E-state index in [1.165, 1.54) is 11.1 Å². The maximum Gasteiger partial charge on any atom is 0.0926 e. The van der Waals surface area contributed by atoms with Crippen LogP contribution in [-0.2, 0) is 11.3 Å². The summed E-state index contributed by atoms with van der Waals surface area (Å²) < 4.78 is 8.51. The first-order valence-electron chi connectivity index (χ1n) is 5.78. The number of hydrogen-bond acceptors (Lipinski definition) is 2. The minimum atomic E-state index is 0.254. The van der Waals surface area contributed by atoms with E-state index in [4.69, 9.17) is 4.74 Å². The highest BCUT2D eigenvalue weighted by Crippen LogP contribution is 2.30. The monoisotopic (exact) mass is 294 g/mol. The fourth-order valence-electron chi connectivity index (χ4n) is 2.29. The second-order valence-electron chi connectivity index (χ2n) is 5.21. The highest BCUT2D eigenvalue weighted by Gasteiger charge is 2.34. The Morgan fingerprint density at radius 2 is 2.24 bits per heavy atom. The molecule has 0 N–H and O–H groups in total. The van der Waals surface area contributed by atoms with E-state index >= 15 is 0 Å². The molecule has 0 amide bonds. The van der Waals surface area contributed by atoms with Crippen molar-refractivity contribution < 1.29 is 4.74 Å². The summed E-state index contributed by atoms with van der Waals surface area (Å²) in [5.41, 5.74) is 2.55. The van der Waals surface area contributed by atoms with Crippen LogP contribution in [0.15, 0.2) is 22.7 Å². The summed E-state index contributed by atoms with van der Waals surface area (Å²) in [4.78, 5) is 0. The van der Waals surface area contributed by atoms with Crippen LogP contribution < -0.4 is 0 Å². The third kappa shape index (κ3) is 1.89. The largest absolute Gasteiger partial charge is 0.380 e. The Bertz CT molecular complexity index is 572. The third-order valence-electron chi connectivity index (χ3n) is 3.40. The molecule has 0 atom stereocenters. The molecule has 17 heavy (non-hydrogen) atoms. The van der Waals surface area contributed by atoms with Gasteiger partial charge in [-0.2, -0.15) is 5.10 Å². The quantitative estimate of drug-likeness (QED) is 0.851. The second kappa shape index (κ2) is 3.82. The van der Waals surface area contributed by atoms with Crippen LogP contribution in [0.4, 0.5) is 0 Å². The van der Waals surface area contributed by atoms with Gasteiger partial charge in [-0.25, -0.2) is 0 Å². The van der Waals surface area contributed by atoms with E-state index in [9.17, 15) is 0 Å². The van der Waals surface area contributed by atoms with E-state index < -0.39 is 0 Å². The van der Waals surface area contributed by atoms with Gasteiger partial charge in [0.2, 0.25) is 0 Å². The number of benzene rings is 1. The number of nitrogens with zero attached hydrogens (tertiary/aromatic N) is 2. The predicted octanol–water partition coefficient (Wildman–Crippen LogP) is 3.14. The van der Waals surface area contributed by atoms with Gasteiger partial charge in [0, 0.05) is 21.0 Å². The Morgan fingerprint density at radius 3 is 2.88 bits per heavy atom. The van der Waals surface area contributed by atoms with Gasteiger partial charge in [0.1, 0.15) is 0 Å². The molecular weight excluding hydrogens is 280 g/mol. The molecule has 2 aromatic rings. The van der Waals surface area contributed by atoms with Gasteiger partial charge in [-0.05, 0) is 25.1 Å². The summed E-state index contributed by atoms with van der Waals surface area (Å²) in [5, 5.41) is 5.89. The number of aromatic nitrogens is 2. The number of hydrogen-bond donors (Lipinski definition) is 0. The van der Waals surface area contributed by atoms with Gasteiger partial charge in [0.15, 0.2) is 0 Å². The van der Waals surface area contributed by atoms with Crippen LogP contribution >= 0.6 is 15.9 Å². The SMILES string of the molecule is Cc1c2cc(Br)ccc2nn1CC1(C)COC1. The molecule has 1 saturated heterocycles. The number of fused-ring (bicyclic) bond motifs is 1. The zero-order valence-electron chi connectivity index (χ0n) is 10.0. The van der Waals surface area contributed by atoms with Gasteiger partial charge in [-0.1, -0.05) is 22.9 Å². The van der Waals surface area contributed by atoms with Crippen LogP contribution in [0.3, 0.4) is 0 Å². The van der Waals surface area contributed by atoms with Crippen LogP contribution in [-0.4, -0.2) is 23.0 Å². The van der Waals surface area contributed by atoms with E-state index in [2.05, 4.69) is 51.7 Å². The van der Waals surface area contributed by atoms with Crippen molar-refractivity contribution in [1.29, 1.82) is 0 Å². The lowest BCUT2D eigenvalue weighted by Crippen LogP contribution is -2.43. The lowest BCUT2D eigenvalue weighted by atomic mass is 9.89. The Balaban J connectivity index is 2.02. The Morgan fingerprint density at radius 1 is 1.47 bits per heavy atom. The molecule has 1 aliphatic heterocycles. The fourth-order valence-corrected chi connectivity index (χ4v) is 2.65. The molecule has 0 spiro atoms. The van der Waals surface area contributed by atoms with Crippen molar-refractivity contribution in [3.63, 3.8) is 0 Å². The van der Waals surface area contributed by atoms with Crippen molar-refractivity contribution in [1.82, 2.24) is 9.78 Å². The second-order valence-corrected chi connectivity index (χ2v) is 6.12. The average molecular weight is 295 g/mol. The Kier molecular flexibility index (Phi) is 2.52. The first-order valence-corrected chi connectivity index (χ1v) is 6.57. The molecule has 0 aliphatic carbocycles. The van der Waals surface area contributed by atoms with Gasteiger partial charge in [0.05, 0.1) is 25.3 Å². The van der Waals surface area contributed by atoms with E-state index in [1.54, 1.807) is 0 Å². The average Bonchev–Trinajstić information content (AvgIpc) is 2.54. The fraction of sp³-hybridized carbons (Fsp3) is 0.462. The molecule has 2 heterocycles. The van der Waals surface area contributed by atoms with Crippen LogP contribution in [0.25, 0.3) is 10.9 Å². The van der Waals surface area contributed by atoms with E-state index in [1.807, 2.05) is 6.07 Å². The zero-order valence-corrected chi connectivity index (χ0v) is 11.6. The van der Waals surface area contributed by atoms with Crippen LogP contribution in [0.2, 0.25) is 0 Å². The number of halogens is 1. The van der Waals surface area contributed by atoms with E-state index in [0.29, 0.717) is 0 Å². The van der Waals surface area contributed by atoms with Crippen molar-refractivity contribution in [2.75, 3.05) is 13.2 Å². The number of aryl methyl sites for hydroxylation is 1. The molecule has 1 fully saturated rings. The van der Waals surface area contributed by atoms with Gasteiger partial charge in [0.25, 0.3) is 0 Å². The van der Waals surface area contributed by atoms with E-state index in [-0.39, 0.29) is 5.41 Å². The summed E-state index contributed by atoms with van der Waals surface area (Å²) >= 11 is 3.51. The molecular formula is C13H15BrN2O. The van der Waals surface area contributed by atoms with Gasteiger partial charge >= 0.3 is 0 Å². The molecule has 0 unspecified atom stereocenters. The molecule has 0 saturated carbocycles. The summed E-state index contributed by atoms with van der Waals surface area (Å²) in [6, 6.07) is 6.23. The van der Waals surface area contributed by atoms with Crippen molar-refractivity contribution in [3.8, 4) is 0 Å². The maximum absolute atomic E-state index is 5.29. The smallest absolute Gasteiger partial charge is 0.0926 e. The molecule has 3 nitrogen and oxygen atoms in total. The number of rotatable bonds is 2. The summed E-state index contributed by atoms with van der Waals surface area (Å²) in [7, 11) is 0. The summed E-state index contributed by atoms with van der Waals surface area (Å²) in [6.45, 7) is 6.99. The molecule has 0 radical (unpaired) electrons. The molecule has 0 bridgehead atoms. The molecule has 4 heteroatoms. The molecule has 90 valence electrons. The van der Waals surface area contributed by atoms with Crippen LogP contribution in [0.1, 0.15) is 12.6 Å². The highest BCUT2D eigenvalue weighted by molar-refractivity contribution is 9.10. The first kappa shape index (κ1) is 11.2. The van der Waals surface area contributed by atoms with Crippen LogP contribution in [0.5, 0.6) is 0 Å². The van der Waals surface area contributed by atoms with Crippen LogP contribution in [0, 0.1) is 12.3 Å². The number of ether oxygens (including phenoxy) is 1. The summed E-state index contributed by atoms with van der Waals surface area (Å²) in [5.74, 6) is 0. The van der Waals surface area contributed by atoms with Crippen molar-refractivity contribution in [2.24, 2.45) is 5.41 Å². The normalized spacial score (nSPS) is 18.3. The highest BCUT2D eigenvalue weighted by atomic mass is 79.9. The van der Waals surface area contributed by atoms with Crippen molar-refractivity contribution >= 4 is 26.8 Å². The lowest BCUT2D eigenvalue weighted by molar-refractivity contribution is -0.111.